The first kappa shape index (κ1) is 23.5. The lowest BCUT2D eigenvalue weighted by atomic mass is 9.96. The molecule has 1 atom stereocenters. The summed E-state index contributed by atoms with van der Waals surface area (Å²) in [5.41, 5.74) is 0.250. The van der Waals surface area contributed by atoms with Gasteiger partial charge in [-0.2, -0.15) is 0 Å². The summed E-state index contributed by atoms with van der Waals surface area (Å²) < 4.78 is 14.9. The molecule has 3 aliphatic rings. The third kappa shape index (κ3) is 4.00. The summed E-state index contributed by atoms with van der Waals surface area (Å²) in [4.78, 5) is 40.4. The zero-order chi connectivity index (χ0) is 23.5. The van der Waals surface area contributed by atoms with Crippen LogP contribution in [0.3, 0.4) is 0 Å². The van der Waals surface area contributed by atoms with Gasteiger partial charge < -0.3 is 15.3 Å². The van der Waals surface area contributed by atoms with Crippen LogP contribution in [0.1, 0.15) is 59.0 Å². The van der Waals surface area contributed by atoms with Crippen LogP contribution in [-0.2, 0) is 12.1 Å². The molecule has 32 heavy (non-hydrogen) atoms. The van der Waals surface area contributed by atoms with E-state index in [0.717, 1.165) is 32.8 Å². The second-order valence-corrected chi connectivity index (χ2v) is 8.06. The molecule has 1 spiro atoms. The van der Waals surface area contributed by atoms with Gasteiger partial charge >= 0.3 is 0 Å². The number of halogens is 1. The topological polar surface area (TPSA) is 91.6 Å². The number of nitrogens with one attached hydrogen (secondary N) is 1. The van der Waals surface area contributed by atoms with Gasteiger partial charge in [0.25, 0.3) is 17.4 Å². The summed E-state index contributed by atoms with van der Waals surface area (Å²) in [5, 5.41) is 10.0. The number of pyridine rings is 1. The highest BCUT2D eigenvalue weighted by atomic mass is 19.1. The maximum Gasteiger partial charge on any atom is 0.270 e. The minimum absolute atomic E-state index is 0.219. The highest BCUT2D eigenvalue weighted by Crippen LogP contribution is 2.39. The fourth-order valence-electron chi connectivity index (χ4n) is 4.79. The van der Waals surface area contributed by atoms with E-state index < -0.39 is 17.4 Å². The summed E-state index contributed by atoms with van der Waals surface area (Å²) in [6.45, 7) is 2.19. The van der Waals surface area contributed by atoms with E-state index in [2.05, 4.69) is 11.2 Å². The summed E-state index contributed by atoms with van der Waals surface area (Å²) in [7, 11) is 1.00. The highest BCUT2D eigenvalue weighted by Gasteiger charge is 2.47. The molecule has 1 aromatic heterocycles. The van der Waals surface area contributed by atoms with Crippen molar-refractivity contribution in [2.24, 2.45) is 5.92 Å². The third-order valence-electron chi connectivity index (χ3n) is 6.29. The second kappa shape index (κ2) is 9.53. The van der Waals surface area contributed by atoms with Gasteiger partial charge in [-0.05, 0) is 50.7 Å². The Morgan fingerprint density at radius 1 is 1.34 bits per heavy atom. The molecule has 2 amide bonds. The second-order valence-electron chi connectivity index (χ2n) is 8.06. The van der Waals surface area contributed by atoms with Crippen molar-refractivity contribution in [3.63, 3.8) is 0 Å². The van der Waals surface area contributed by atoms with Gasteiger partial charge in [0.15, 0.2) is 0 Å². The fourth-order valence-corrected chi connectivity index (χ4v) is 4.79. The molecule has 8 heteroatoms. The zero-order valence-corrected chi connectivity index (χ0v) is 18.4. The molecule has 4 rings (SSSR count). The van der Waals surface area contributed by atoms with Crippen LogP contribution in [0.2, 0.25) is 0 Å². The number of amides is 2. The molecule has 1 aliphatic carbocycles. The SMILES string of the molecule is C#CC(/C=C\C(F)=C/C)CN1CCc2c(cc(=O)n3c2C(=O)NC32CCCC2)C1=O.CO. The van der Waals surface area contributed by atoms with Gasteiger partial charge in [0.05, 0.1) is 11.5 Å². The van der Waals surface area contributed by atoms with Crippen molar-refractivity contribution in [2.45, 2.75) is 44.7 Å². The van der Waals surface area contributed by atoms with Crippen LogP contribution < -0.4 is 10.9 Å². The van der Waals surface area contributed by atoms with E-state index in [1.54, 1.807) is 22.5 Å². The van der Waals surface area contributed by atoms with E-state index in [-0.39, 0.29) is 29.5 Å². The van der Waals surface area contributed by atoms with Gasteiger partial charge in [-0.1, -0.05) is 18.1 Å². The molecule has 7 nitrogen and oxygen atoms in total. The standard InChI is InChI=1S/C23H24FN3O3.CH4O/c1-3-15(7-8-16(24)4-2)14-26-12-9-17-18(22(26)30)13-19(28)27-20(17)21(29)25-23(27)10-5-6-11-23;1-2/h1,4,7-8,13,15H,5-6,9-12,14H2,2H3,(H,25,29);2H,1H3/b8-7-,16-4+;. The Bertz CT molecular complexity index is 1070. The van der Waals surface area contributed by atoms with E-state index in [1.165, 1.54) is 18.2 Å². The number of hydrogen-bond acceptors (Lipinski definition) is 4. The predicted molar refractivity (Wildman–Crippen MR) is 119 cm³/mol. The molecular formula is C24H28FN3O4. The Morgan fingerprint density at radius 3 is 2.66 bits per heavy atom. The van der Waals surface area contributed by atoms with Gasteiger partial charge in [-0.25, -0.2) is 4.39 Å². The molecule has 1 saturated carbocycles. The average molecular weight is 442 g/mol. The molecule has 1 unspecified atom stereocenters. The number of fused-ring (bicyclic) bond motifs is 4. The Labute approximate surface area is 186 Å². The molecule has 0 aromatic carbocycles. The zero-order valence-electron chi connectivity index (χ0n) is 18.4. The van der Waals surface area contributed by atoms with Crippen molar-refractivity contribution in [2.75, 3.05) is 20.2 Å². The van der Waals surface area contributed by atoms with Crippen molar-refractivity contribution in [3.8, 4) is 12.3 Å². The summed E-state index contributed by atoms with van der Waals surface area (Å²) in [6.07, 6.45) is 13.5. The number of hydrogen-bond donors (Lipinski definition) is 2. The first-order valence-corrected chi connectivity index (χ1v) is 10.7. The normalized spacial score (nSPS) is 19.8. The van der Waals surface area contributed by atoms with Crippen molar-refractivity contribution >= 4 is 11.8 Å². The van der Waals surface area contributed by atoms with Gasteiger partial charge in [0.1, 0.15) is 17.2 Å². The van der Waals surface area contributed by atoms with Crippen LogP contribution in [0.5, 0.6) is 0 Å². The Balaban J connectivity index is 0.00000141. The van der Waals surface area contributed by atoms with E-state index in [1.807, 2.05) is 0 Å². The Hall–Kier alpha value is -3.18. The molecule has 0 saturated heterocycles. The molecule has 0 radical (unpaired) electrons. The lowest BCUT2D eigenvalue weighted by molar-refractivity contribution is 0.0731. The van der Waals surface area contributed by atoms with Gasteiger partial charge in [0, 0.05) is 26.3 Å². The molecule has 0 bridgehead atoms. The largest absolute Gasteiger partial charge is 0.400 e. The first-order chi connectivity index (χ1) is 15.4. The molecule has 1 fully saturated rings. The van der Waals surface area contributed by atoms with Crippen LogP contribution in [-0.4, -0.2) is 46.6 Å². The van der Waals surface area contributed by atoms with Crippen molar-refractivity contribution in [1.29, 1.82) is 0 Å². The number of aliphatic hydroxyl groups excluding tert-OH is 1. The highest BCUT2D eigenvalue weighted by molar-refractivity contribution is 6.03. The maximum absolute atomic E-state index is 13.4. The molecule has 170 valence electrons. The van der Waals surface area contributed by atoms with Crippen LogP contribution in [0.25, 0.3) is 0 Å². The number of carbonyl (C=O) groups is 2. The number of aromatic nitrogens is 1. The first-order valence-electron chi connectivity index (χ1n) is 10.7. The summed E-state index contributed by atoms with van der Waals surface area (Å²) >= 11 is 0. The fraction of sp³-hybridized carbons (Fsp3) is 0.458. The van der Waals surface area contributed by atoms with E-state index >= 15 is 0 Å². The van der Waals surface area contributed by atoms with Crippen LogP contribution in [0, 0.1) is 18.3 Å². The Kier molecular flexibility index (Phi) is 6.99. The molecule has 2 N–H and O–H groups in total. The minimum atomic E-state index is -0.644. The summed E-state index contributed by atoms with van der Waals surface area (Å²) in [5.74, 6) is 1.10. The van der Waals surface area contributed by atoms with Crippen LogP contribution in [0.15, 0.2) is 34.9 Å². The predicted octanol–water partition coefficient (Wildman–Crippen LogP) is 2.10. The van der Waals surface area contributed by atoms with E-state index in [9.17, 15) is 18.8 Å². The quantitative estimate of drug-likeness (QED) is 0.553. The number of nitrogens with zero attached hydrogens (tertiary/aromatic N) is 2. The monoisotopic (exact) mass is 441 g/mol. The number of rotatable bonds is 4. The lowest BCUT2D eigenvalue weighted by Gasteiger charge is -2.31. The number of allylic oxidation sites excluding steroid dienone is 3. The van der Waals surface area contributed by atoms with Crippen molar-refractivity contribution < 1.29 is 19.1 Å². The average Bonchev–Trinajstić information content (AvgIpc) is 3.39. The van der Waals surface area contributed by atoms with Crippen LogP contribution in [0.4, 0.5) is 4.39 Å². The third-order valence-corrected chi connectivity index (χ3v) is 6.29. The van der Waals surface area contributed by atoms with E-state index in [4.69, 9.17) is 11.5 Å². The van der Waals surface area contributed by atoms with Gasteiger partial charge in [-0.15, -0.1) is 6.42 Å². The van der Waals surface area contributed by atoms with Gasteiger partial charge in [0.2, 0.25) is 0 Å². The Morgan fingerprint density at radius 2 is 2.03 bits per heavy atom. The summed E-state index contributed by atoms with van der Waals surface area (Å²) in [6, 6.07) is 1.36. The molecular weight excluding hydrogens is 413 g/mol. The molecule has 1 aromatic rings. The minimum Gasteiger partial charge on any atom is -0.400 e. The van der Waals surface area contributed by atoms with Crippen molar-refractivity contribution in [3.05, 3.63) is 57.3 Å². The number of aliphatic hydroxyl groups is 1. The van der Waals surface area contributed by atoms with Gasteiger partial charge in [-0.3, -0.25) is 19.0 Å². The van der Waals surface area contributed by atoms with Crippen molar-refractivity contribution in [1.82, 2.24) is 14.8 Å². The smallest absolute Gasteiger partial charge is 0.270 e. The lowest BCUT2D eigenvalue weighted by Crippen LogP contribution is -2.46. The maximum atomic E-state index is 13.4. The molecule has 3 heterocycles. The number of carbonyl (C=O) groups excluding carboxylic acids is 2. The molecule has 2 aliphatic heterocycles. The van der Waals surface area contributed by atoms with E-state index in [0.29, 0.717) is 24.2 Å². The number of terminal acetylenes is 1. The van der Waals surface area contributed by atoms with Crippen LogP contribution >= 0.6 is 0 Å².